The molecule has 2 aromatic heterocycles. The summed E-state index contributed by atoms with van der Waals surface area (Å²) in [4.78, 5) is 9.55. The fraction of sp³-hybridized carbons (Fsp3) is 0.667. The van der Waals surface area contributed by atoms with Crippen molar-refractivity contribution in [2.24, 2.45) is 33.5 Å². The second-order valence-corrected chi connectivity index (χ2v) is 13.3. The number of ether oxygens (including phenoxy) is 2. The molecular formula is C30H41N3O2. The second-order valence-electron chi connectivity index (χ2n) is 13.3. The molecule has 1 N–H and O–H groups in total. The van der Waals surface area contributed by atoms with E-state index in [-0.39, 0.29) is 23.0 Å². The van der Waals surface area contributed by atoms with Crippen molar-refractivity contribution in [2.45, 2.75) is 92.3 Å². The third kappa shape index (κ3) is 3.33. The zero-order valence-corrected chi connectivity index (χ0v) is 22.2. The van der Waals surface area contributed by atoms with E-state index < -0.39 is 0 Å². The molecule has 6 atom stereocenters. The van der Waals surface area contributed by atoms with Crippen LogP contribution in [0.2, 0.25) is 0 Å². The van der Waals surface area contributed by atoms with Gasteiger partial charge in [0.15, 0.2) is 0 Å². The van der Waals surface area contributed by atoms with Crippen molar-refractivity contribution in [3.63, 3.8) is 0 Å². The van der Waals surface area contributed by atoms with Crippen LogP contribution in [0.3, 0.4) is 0 Å². The van der Waals surface area contributed by atoms with E-state index in [9.17, 15) is 0 Å². The lowest BCUT2D eigenvalue weighted by atomic mass is 9.70. The van der Waals surface area contributed by atoms with Crippen LogP contribution in [-0.4, -0.2) is 22.2 Å². The Morgan fingerprint density at radius 3 is 1.46 bits per heavy atom. The topological polar surface area (TPSA) is 56.3 Å². The average molecular weight is 476 g/mol. The van der Waals surface area contributed by atoms with E-state index in [0.717, 1.165) is 36.3 Å². The maximum atomic E-state index is 6.50. The summed E-state index contributed by atoms with van der Waals surface area (Å²) >= 11 is 0. The van der Waals surface area contributed by atoms with Crippen LogP contribution in [0.4, 0.5) is 11.6 Å². The number of anilines is 2. The molecular weight excluding hydrogens is 434 g/mol. The van der Waals surface area contributed by atoms with Gasteiger partial charge in [-0.2, -0.15) is 9.97 Å². The molecule has 2 heterocycles. The Morgan fingerprint density at radius 1 is 0.686 bits per heavy atom. The minimum absolute atomic E-state index is 0.209. The predicted octanol–water partition coefficient (Wildman–Crippen LogP) is 7.41. The minimum atomic E-state index is 0.209. The van der Waals surface area contributed by atoms with Gasteiger partial charge in [-0.25, -0.2) is 0 Å². The Hall–Kier alpha value is -2.30. The van der Waals surface area contributed by atoms with E-state index in [1.165, 1.54) is 25.7 Å². The molecule has 4 saturated carbocycles. The zero-order chi connectivity index (χ0) is 24.6. The Balaban J connectivity index is 1.14. The molecule has 5 nitrogen and oxygen atoms in total. The molecule has 6 rings (SSSR count). The standard InChI is InChI=1S/C30H41N3O2/c1-27(2)19-13-15-29(27,5)21(17-19)34-25-11-7-9-23(32-25)31-24-10-8-12-26(33-24)35-22-18-20-14-16-30(22,6)28(20,3)4/h7-12,19-22H,13-18H2,1-6H3,(H,31,32,33). The summed E-state index contributed by atoms with van der Waals surface area (Å²) in [5.74, 6) is 4.35. The molecule has 188 valence electrons. The first-order valence-electron chi connectivity index (χ1n) is 13.6. The number of aromatic nitrogens is 2. The van der Waals surface area contributed by atoms with Gasteiger partial charge in [-0.05, 0) is 73.3 Å². The number of pyridine rings is 2. The van der Waals surface area contributed by atoms with Crippen LogP contribution in [0, 0.1) is 33.5 Å². The summed E-state index contributed by atoms with van der Waals surface area (Å²) in [6.07, 6.45) is 7.82. The number of hydrogen-bond donors (Lipinski definition) is 1. The average Bonchev–Trinajstić information content (AvgIpc) is 3.32. The molecule has 0 aromatic carbocycles. The molecule has 0 saturated heterocycles. The Morgan fingerprint density at radius 2 is 1.11 bits per heavy atom. The number of nitrogens with zero attached hydrogens (tertiary/aromatic N) is 2. The van der Waals surface area contributed by atoms with Gasteiger partial charge in [0.2, 0.25) is 11.8 Å². The van der Waals surface area contributed by atoms with Crippen molar-refractivity contribution >= 4 is 11.6 Å². The largest absolute Gasteiger partial charge is 0.474 e. The molecule has 0 amide bonds. The number of fused-ring (bicyclic) bond motifs is 4. The first kappa shape index (κ1) is 23.1. The highest BCUT2D eigenvalue weighted by atomic mass is 16.5. The third-order valence-corrected chi connectivity index (χ3v) is 11.7. The third-order valence-electron chi connectivity index (χ3n) is 11.7. The number of rotatable bonds is 6. The molecule has 0 aliphatic heterocycles. The van der Waals surface area contributed by atoms with E-state index >= 15 is 0 Å². The number of hydrogen-bond acceptors (Lipinski definition) is 5. The van der Waals surface area contributed by atoms with Gasteiger partial charge in [-0.1, -0.05) is 53.7 Å². The van der Waals surface area contributed by atoms with Crippen molar-refractivity contribution in [3.05, 3.63) is 36.4 Å². The highest BCUT2D eigenvalue weighted by Crippen LogP contribution is 2.67. The summed E-state index contributed by atoms with van der Waals surface area (Å²) in [7, 11) is 0. The molecule has 6 unspecified atom stereocenters. The first-order valence-corrected chi connectivity index (χ1v) is 13.6. The van der Waals surface area contributed by atoms with Gasteiger partial charge in [0, 0.05) is 23.0 Å². The lowest BCUT2D eigenvalue weighted by Gasteiger charge is -2.38. The van der Waals surface area contributed by atoms with Crippen LogP contribution in [0.1, 0.15) is 80.1 Å². The van der Waals surface area contributed by atoms with Gasteiger partial charge >= 0.3 is 0 Å². The van der Waals surface area contributed by atoms with Crippen LogP contribution in [0.25, 0.3) is 0 Å². The molecule has 35 heavy (non-hydrogen) atoms. The van der Waals surface area contributed by atoms with Crippen LogP contribution >= 0.6 is 0 Å². The van der Waals surface area contributed by atoms with E-state index in [4.69, 9.17) is 19.4 Å². The molecule has 5 heteroatoms. The molecule has 4 aliphatic carbocycles. The van der Waals surface area contributed by atoms with Crippen LogP contribution in [-0.2, 0) is 0 Å². The van der Waals surface area contributed by atoms with E-state index in [2.05, 4.69) is 46.9 Å². The van der Waals surface area contributed by atoms with Crippen LogP contribution in [0.15, 0.2) is 36.4 Å². The molecule has 0 spiro atoms. The first-order chi connectivity index (χ1) is 16.5. The SMILES string of the molecule is CC1(C)C2CCC1(C)C(Oc1cccc(Nc3cccc(OC4CC5CCC4(C)C5(C)C)n3)n1)C2. The molecule has 4 bridgehead atoms. The second kappa shape index (κ2) is 7.60. The summed E-state index contributed by atoms with van der Waals surface area (Å²) in [5, 5.41) is 3.37. The molecule has 4 aliphatic rings. The van der Waals surface area contributed by atoms with Crippen LogP contribution in [0.5, 0.6) is 11.8 Å². The van der Waals surface area contributed by atoms with Crippen molar-refractivity contribution in [2.75, 3.05) is 5.32 Å². The lowest BCUT2D eigenvalue weighted by Crippen LogP contribution is -2.39. The fourth-order valence-corrected chi connectivity index (χ4v) is 8.14. The highest BCUT2D eigenvalue weighted by molar-refractivity contribution is 5.52. The maximum Gasteiger partial charge on any atom is 0.215 e. The van der Waals surface area contributed by atoms with Crippen molar-refractivity contribution < 1.29 is 9.47 Å². The Bertz CT molecular complexity index is 1040. The maximum absolute atomic E-state index is 6.50. The molecule has 2 aromatic rings. The lowest BCUT2D eigenvalue weighted by molar-refractivity contribution is 0.0274. The van der Waals surface area contributed by atoms with Crippen molar-refractivity contribution in [3.8, 4) is 11.8 Å². The van der Waals surface area contributed by atoms with Gasteiger partial charge in [-0.15, -0.1) is 0 Å². The summed E-state index contributed by atoms with van der Waals surface area (Å²) < 4.78 is 13.0. The summed E-state index contributed by atoms with van der Waals surface area (Å²) in [6.45, 7) is 14.5. The van der Waals surface area contributed by atoms with Gasteiger partial charge in [0.05, 0.1) is 0 Å². The minimum Gasteiger partial charge on any atom is -0.474 e. The Kier molecular flexibility index (Phi) is 5.02. The highest BCUT2D eigenvalue weighted by Gasteiger charge is 2.63. The summed E-state index contributed by atoms with van der Waals surface area (Å²) in [6, 6.07) is 11.9. The molecule has 0 radical (unpaired) electrons. The Labute approximate surface area is 210 Å². The number of nitrogens with one attached hydrogen (secondary N) is 1. The smallest absolute Gasteiger partial charge is 0.215 e. The van der Waals surface area contributed by atoms with Gasteiger partial charge in [0.1, 0.15) is 23.8 Å². The van der Waals surface area contributed by atoms with Gasteiger partial charge in [-0.3, -0.25) is 0 Å². The monoisotopic (exact) mass is 475 g/mol. The normalized spacial score (nSPS) is 38.0. The zero-order valence-electron chi connectivity index (χ0n) is 22.2. The quantitative estimate of drug-likeness (QED) is 0.471. The summed E-state index contributed by atoms with van der Waals surface area (Å²) in [5.41, 5.74) is 1.06. The van der Waals surface area contributed by atoms with Crippen LogP contribution < -0.4 is 14.8 Å². The van der Waals surface area contributed by atoms with Crippen molar-refractivity contribution in [1.29, 1.82) is 0 Å². The van der Waals surface area contributed by atoms with Gasteiger partial charge in [0.25, 0.3) is 0 Å². The fourth-order valence-electron chi connectivity index (χ4n) is 8.14. The molecule has 4 fully saturated rings. The van der Waals surface area contributed by atoms with E-state index in [0.29, 0.717) is 22.6 Å². The van der Waals surface area contributed by atoms with E-state index in [1.807, 2.05) is 36.4 Å². The van der Waals surface area contributed by atoms with E-state index in [1.54, 1.807) is 0 Å². The predicted molar refractivity (Wildman–Crippen MR) is 139 cm³/mol. The van der Waals surface area contributed by atoms with Gasteiger partial charge < -0.3 is 14.8 Å². The van der Waals surface area contributed by atoms with Crippen molar-refractivity contribution in [1.82, 2.24) is 9.97 Å².